The Kier molecular flexibility index (Phi) is 5.37. The molecule has 0 saturated carbocycles. The smallest absolute Gasteiger partial charge is 0.267 e. The first-order valence-electron chi connectivity index (χ1n) is 9.39. The number of nitrogens with one attached hydrogen (secondary N) is 1. The summed E-state index contributed by atoms with van der Waals surface area (Å²) >= 11 is 1.28. The van der Waals surface area contributed by atoms with Gasteiger partial charge in [0.15, 0.2) is 5.82 Å². The van der Waals surface area contributed by atoms with Crippen molar-refractivity contribution in [1.29, 1.82) is 0 Å². The molecule has 0 aliphatic carbocycles. The molecule has 0 atom stereocenters. The Hall–Kier alpha value is -3.46. The Balaban J connectivity index is 1.60. The molecule has 30 heavy (non-hydrogen) atoms. The van der Waals surface area contributed by atoms with Gasteiger partial charge in [0.25, 0.3) is 5.91 Å². The van der Waals surface area contributed by atoms with E-state index >= 15 is 0 Å². The number of aryl methyl sites for hydroxylation is 3. The van der Waals surface area contributed by atoms with Crippen LogP contribution in [0.15, 0.2) is 42.5 Å². The fourth-order valence-corrected chi connectivity index (χ4v) is 3.97. The van der Waals surface area contributed by atoms with Gasteiger partial charge >= 0.3 is 0 Å². The highest BCUT2D eigenvalue weighted by Gasteiger charge is 2.18. The molecule has 7 nitrogen and oxygen atoms in total. The van der Waals surface area contributed by atoms with Gasteiger partial charge in [-0.2, -0.15) is 4.68 Å². The van der Waals surface area contributed by atoms with Crippen LogP contribution in [0.2, 0.25) is 0 Å². The summed E-state index contributed by atoms with van der Waals surface area (Å²) in [5.74, 6) is -0.405. The van der Waals surface area contributed by atoms with Gasteiger partial charge in [0.2, 0.25) is 0 Å². The van der Waals surface area contributed by atoms with E-state index in [1.807, 2.05) is 24.3 Å². The molecule has 152 valence electrons. The second-order valence-electron chi connectivity index (χ2n) is 6.74. The van der Waals surface area contributed by atoms with Crippen molar-refractivity contribution in [2.24, 2.45) is 0 Å². The van der Waals surface area contributed by atoms with Crippen molar-refractivity contribution in [1.82, 2.24) is 25.2 Å². The van der Waals surface area contributed by atoms with Gasteiger partial charge in [-0.1, -0.05) is 31.2 Å². The van der Waals surface area contributed by atoms with E-state index in [1.165, 1.54) is 33.7 Å². The van der Waals surface area contributed by atoms with Crippen LogP contribution in [0.25, 0.3) is 16.3 Å². The van der Waals surface area contributed by atoms with Crippen LogP contribution in [0, 0.1) is 19.7 Å². The molecule has 0 aliphatic heterocycles. The number of tetrazole rings is 1. The largest absolute Gasteiger partial charge is 0.319 e. The number of nitrogens with zero attached hydrogens (tertiary/aromatic N) is 5. The predicted molar refractivity (Wildman–Crippen MR) is 113 cm³/mol. The second kappa shape index (κ2) is 8.11. The fraction of sp³-hybridized carbons (Fsp3) is 0.190. The maximum Gasteiger partial charge on any atom is 0.267 e. The zero-order valence-electron chi connectivity index (χ0n) is 16.7. The highest BCUT2D eigenvalue weighted by atomic mass is 32.1. The number of hydrogen-bond acceptors (Lipinski definition) is 6. The van der Waals surface area contributed by atoms with E-state index in [0.717, 1.165) is 17.0 Å². The molecule has 4 rings (SSSR count). The summed E-state index contributed by atoms with van der Waals surface area (Å²) in [5.41, 5.74) is 3.38. The topological polar surface area (TPSA) is 85.6 Å². The van der Waals surface area contributed by atoms with Crippen LogP contribution in [-0.4, -0.2) is 31.1 Å². The predicted octanol–water partition coefficient (Wildman–Crippen LogP) is 4.36. The maximum absolute atomic E-state index is 14.3. The molecule has 0 aliphatic rings. The lowest BCUT2D eigenvalue weighted by Gasteiger charge is -2.08. The van der Waals surface area contributed by atoms with Crippen molar-refractivity contribution in [3.8, 4) is 16.3 Å². The maximum atomic E-state index is 14.3. The third kappa shape index (κ3) is 3.84. The minimum atomic E-state index is -0.546. The summed E-state index contributed by atoms with van der Waals surface area (Å²) in [6, 6.07) is 12.4. The SMILES string of the molecule is CCc1ccc(-c2nc(C)c(C(=O)Nc3cc(-n4nnnc4C)ccc3F)s2)cc1. The van der Waals surface area contributed by atoms with Gasteiger partial charge in [-0.15, -0.1) is 16.4 Å². The van der Waals surface area contributed by atoms with E-state index in [0.29, 0.717) is 22.1 Å². The van der Waals surface area contributed by atoms with E-state index in [2.05, 4.69) is 32.7 Å². The number of hydrogen-bond donors (Lipinski definition) is 1. The van der Waals surface area contributed by atoms with Gasteiger partial charge in [0.05, 0.1) is 17.1 Å². The van der Waals surface area contributed by atoms with Gasteiger partial charge in [-0.3, -0.25) is 4.79 Å². The third-order valence-corrected chi connectivity index (χ3v) is 5.89. The molecule has 2 aromatic heterocycles. The molecule has 0 unspecified atom stereocenters. The average molecular weight is 422 g/mol. The molecule has 0 spiro atoms. The number of carbonyl (C=O) groups is 1. The number of carbonyl (C=O) groups excluding carboxylic acids is 1. The summed E-state index contributed by atoms with van der Waals surface area (Å²) in [5, 5.41) is 14.7. The zero-order chi connectivity index (χ0) is 21.3. The molecular formula is C21H19FN6OS. The molecule has 0 radical (unpaired) electrons. The molecule has 4 aromatic rings. The van der Waals surface area contributed by atoms with Crippen LogP contribution in [0.5, 0.6) is 0 Å². The molecule has 2 heterocycles. The second-order valence-corrected chi connectivity index (χ2v) is 7.74. The fourth-order valence-electron chi connectivity index (χ4n) is 3.00. The quantitative estimate of drug-likeness (QED) is 0.517. The minimum absolute atomic E-state index is 0.0500. The average Bonchev–Trinajstić information content (AvgIpc) is 3.35. The summed E-state index contributed by atoms with van der Waals surface area (Å²) in [4.78, 5) is 17.8. The molecule has 9 heteroatoms. The molecule has 0 bridgehead atoms. The zero-order valence-corrected chi connectivity index (χ0v) is 17.5. The van der Waals surface area contributed by atoms with Gasteiger partial charge in [0, 0.05) is 5.56 Å². The molecule has 0 fully saturated rings. The van der Waals surface area contributed by atoms with Crippen LogP contribution < -0.4 is 5.32 Å². The number of rotatable bonds is 5. The molecule has 0 saturated heterocycles. The van der Waals surface area contributed by atoms with Crippen LogP contribution >= 0.6 is 11.3 Å². The number of benzene rings is 2. The number of aromatic nitrogens is 5. The van der Waals surface area contributed by atoms with E-state index in [1.54, 1.807) is 19.9 Å². The lowest BCUT2D eigenvalue weighted by molar-refractivity contribution is 0.102. The summed E-state index contributed by atoms with van der Waals surface area (Å²) in [7, 11) is 0. The minimum Gasteiger partial charge on any atom is -0.319 e. The van der Waals surface area contributed by atoms with Gasteiger partial charge in [0.1, 0.15) is 15.7 Å². The van der Waals surface area contributed by atoms with Gasteiger partial charge in [-0.25, -0.2) is 9.37 Å². The summed E-state index contributed by atoms with van der Waals surface area (Å²) < 4.78 is 15.8. The van der Waals surface area contributed by atoms with E-state index in [9.17, 15) is 9.18 Å². The van der Waals surface area contributed by atoms with E-state index in [-0.39, 0.29) is 5.69 Å². The van der Waals surface area contributed by atoms with Crippen molar-refractivity contribution in [3.05, 3.63) is 70.2 Å². The Morgan fingerprint density at radius 1 is 1.17 bits per heavy atom. The Bertz CT molecular complexity index is 1210. The number of amides is 1. The van der Waals surface area contributed by atoms with Crippen LogP contribution in [-0.2, 0) is 6.42 Å². The first-order valence-corrected chi connectivity index (χ1v) is 10.2. The molecular weight excluding hydrogens is 403 g/mol. The molecule has 1 amide bonds. The molecule has 2 aromatic carbocycles. The van der Waals surface area contributed by atoms with Crippen molar-refractivity contribution in [3.63, 3.8) is 0 Å². The Morgan fingerprint density at radius 3 is 2.60 bits per heavy atom. The first kappa shape index (κ1) is 19.8. The van der Waals surface area contributed by atoms with Crippen molar-refractivity contribution in [2.45, 2.75) is 27.2 Å². The van der Waals surface area contributed by atoms with Crippen LogP contribution in [0.1, 0.15) is 33.7 Å². The highest BCUT2D eigenvalue weighted by Crippen LogP contribution is 2.29. The van der Waals surface area contributed by atoms with Crippen molar-refractivity contribution in [2.75, 3.05) is 5.32 Å². The standard InChI is InChI=1S/C21H19FN6OS/c1-4-14-5-7-15(8-6-14)21-23-12(2)19(30-21)20(29)24-18-11-16(9-10-17(18)22)28-13(3)25-26-27-28/h5-11H,4H2,1-3H3,(H,24,29). The number of thiazole rings is 1. The monoisotopic (exact) mass is 422 g/mol. The lowest BCUT2D eigenvalue weighted by atomic mass is 10.1. The van der Waals surface area contributed by atoms with E-state index < -0.39 is 11.7 Å². The summed E-state index contributed by atoms with van der Waals surface area (Å²) in [6.07, 6.45) is 0.958. The normalized spacial score (nSPS) is 10.9. The van der Waals surface area contributed by atoms with Crippen molar-refractivity contribution < 1.29 is 9.18 Å². The number of anilines is 1. The van der Waals surface area contributed by atoms with Gasteiger partial charge < -0.3 is 5.32 Å². The summed E-state index contributed by atoms with van der Waals surface area (Å²) in [6.45, 7) is 5.60. The van der Waals surface area contributed by atoms with Gasteiger partial charge in [-0.05, 0) is 54.5 Å². The lowest BCUT2D eigenvalue weighted by Crippen LogP contribution is -2.13. The first-order chi connectivity index (χ1) is 14.5. The molecule has 1 N–H and O–H groups in total. The van der Waals surface area contributed by atoms with Crippen molar-refractivity contribution >= 4 is 22.9 Å². The Morgan fingerprint density at radius 2 is 1.93 bits per heavy atom. The van der Waals surface area contributed by atoms with Crippen LogP contribution in [0.3, 0.4) is 0 Å². The number of halogens is 1. The Labute approximate surface area is 176 Å². The third-order valence-electron chi connectivity index (χ3n) is 4.68. The highest BCUT2D eigenvalue weighted by molar-refractivity contribution is 7.17. The van der Waals surface area contributed by atoms with E-state index in [4.69, 9.17) is 0 Å². The van der Waals surface area contributed by atoms with Crippen LogP contribution in [0.4, 0.5) is 10.1 Å².